The molecule has 0 aliphatic rings. The van der Waals surface area contributed by atoms with E-state index in [2.05, 4.69) is 6.92 Å². The molecule has 0 fully saturated rings. The van der Waals surface area contributed by atoms with E-state index in [9.17, 15) is 9.18 Å². The van der Waals surface area contributed by atoms with Gasteiger partial charge in [0.05, 0.1) is 0 Å². The van der Waals surface area contributed by atoms with Crippen molar-refractivity contribution < 1.29 is 14.3 Å². The molecule has 1 rings (SSSR count). The molecule has 19 heavy (non-hydrogen) atoms. The van der Waals surface area contributed by atoms with Gasteiger partial charge in [0.2, 0.25) is 5.83 Å². The topological polar surface area (TPSA) is 37.3 Å². The van der Waals surface area contributed by atoms with Crippen LogP contribution in [0, 0.1) is 20.8 Å². The number of hydrogen-bond acceptors (Lipinski definition) is 2. The van der Waals surface area contributed by atoms with Gasteiger partial charge in [-0.1, -0.05) is 13.0 Å². The number of carbonyl (C=O) groups is 1. The Morgan fingerprint density at radius 1 is 1.32 bits per heavy atom. The molecule has 1 aromatic rings. The van der Waals surface area contributed by atoms with E-state index < -0.39 is 11.8 Å². The van der Waals surface area contributed by atoms with Crippen molar-refractivity contribution in [2.75, 3.05) is 0 Å². The van der Waals surface area contributed by atoms with Gasteiger partial charge in [-0.3, -0.25) is 0 Å². The highest BCUT2D eigenvalue weighted by Gasteiger charge is 2.14. The summed E-state index contributed by atoms with van der Waals surface area (Å²) in [6, 6.07) is 0. The molecule has 1 N–H and O–H groups in total. The Bertz CT molecular complexity index is 565. The third-order valence-corrected chi connectivity index (χ3v) is 4.45. The average molecular weight is 282 g/mol. The molecule has 0 unspecified atom stereocenters. The van der Waals surface area contributed by atoms with Gasteiger partial charge in [0.25, 0.3) is 0 Å². The molecular formula is C15H19FO2S. The molecule has 4 heteroatoms. The maximum absolute atomic E-state index is 13.5. The lowest BCUT2D eigenvalue weighted by Gasteiger charge is -2.07. The Morgan fingerprint density at radius 3 is 2.26 bits per heavy atom. The summed E-state index contributed by atoms with van der Waals surface area (Å²) >= 11 is 1.70. The monoisotopic (exact) mass is 282 g/mol. The van der Waals surface area contributed by atoms with Gasteiger partial charge in [0.1, 0.15) is 0 Å². The lowest BCUT2D eigenvalue weighted by Crippen LogP contribution is -2.00. The minimum atomic E-state index is -1.51. The summed E-state index contributed by atoms with van der Waals surface area (Å²) in [5.74, 6) is -2.58. The smallest absolute Gasteiger partial charge is 0.365 e. The molecule has 0 aliphatic heterocycles. The van der Waals surface area contributed by atoms with Gasteiger partial charge in [-0.15, -0.1) is 11.3 Å². The number of rotatable bonds is 4. The largest absolute Gasteiger partial charge is 0.476 e. The van der Waals surface area contributed by atoms with E-state index in [1.54, 1.807) is 11.3 Å². The lowest BCUT2D eigenvalue weighted by atomic mass is 9.99. The molecule has 0 saturated heterocycles. The van der Waals surface area contributed by atoms with Gasteiger partial charge in [0, 0.05) is 9.75 Å². The van der Waals surface area contributed by atoms with E-state index in [1.165, 1.54) is 22.2 Å². The number of carboxylic acids is 1. The van der Waals surface area contributed by atoms with Crippen LogP contribution in [0.15, 0.2) is 17.0 Å². The normalized spacial score (nSPS) is 13.5. The summed E-state index contributed by atoms with van der Waals surface area (Å²) in [5, 5.41) is 8.72. The quantitative estimate of drug-likeness (QED) is 0.636. The number of halogens is 1. The van der Waals surface area contributed by atoms with Gasteiger partial charge in [-0.05, 0) is 56.4 Å². The number of allylic oxidation sites excluding steroid dienone is 2. The maximum atomic E-state index is 13.5. The Labute approximate surface area is 117 Å². The zero-order valence-corrected chi connectivity index (χ0v) is 12.7. The van der Waals surface area contributed by atoms with E-state index in [-0.39, 0.29) is 5.57 Å². The van der Waals surface area contributed by atoms with Crippen molar-refractivity contribution in [2.45, 2.75) is 41.0 Å². The first-order valence-corrected chi connectivity index (χ1v) is 6.98. The first kappa shape index (κ1) is 15.6. The molecule has 0 radical (unpaired) electrons. The summed E-state index contributed by atoms with van der Waals surface area (Å²) < 4.78 is 13.5. The molecule has 0 bridgehead atoms. The van der Waals surface area contributed by atoms with Crippen LogP contribution in [0.3, 0.4) is 0 Å². The van der Waals surface area contributed by atoms with Crippen molar-refractivity contribution in [3.8, 4) is 0 Å². The third-order valence-electron chi connectivity index (χ3n) is 3.32. The molecule has 1 aromatic heterocycles. The molecule has 0 atom stereocenters. The zero-order valence-electron chi connectivity index (χ0n) is 11.9. The van der Waals surface area contributed by atoms with E-state index in [0.29, 0.717) is 6.42 Å². The lowest BCUT2D eigenvalue weighted by molar-refractivity contribution is -0.134. The molecule has 0 amide bonds. The number of aryl methyl sites for hydroxylation is 2. The van der Waals surface area contributed by atoms with Crippen LogP contribution in [0.25, 0.3) is 6.08 Å². The molecule has 2 nitrogen and oxygen atoms in total. The second-order valence-electron chi connectivity index (χ2n) is 4.52. The van der Waals surface area contributed by atoms with Crippen molar-refractivity contribution in [2.24, 2.45) is 0 Å². The number of thiophene rings is 1. The van der Waals surface area contributed by atoms with Crippen LogP contribution in [0.5, 0.6) is 0 Å². The summed E-state index contributed by atoms with van der Waals surface area (Å²) in [7, 11) is 0. The highest BCUT2D eigenvalue weighted by Crippen LogP contribution is 2.31. The highest BCUT2D eigenvalue weighted by molar-refractivity contribution is 7.12. The van der Waals surface area contributed by atoms with E-state index >= 15 is 0 Å². The molecule has 0 saturated carbocycles. The van der Waals surface area contributed by atoms with Crippen molar-refractivity contribution in [3.05, 3.63) is 37.9 Å². The van der Waals surface area contributed by atoms with Crippen molar-refractivity contribution in [3.63, 3.8) is 0 Å². The van der Waals surface area contributed by atoms with Gasteiger partial charge < -0.3 is 5.11 Å². The van der Waals surface area contributed by atoms with E-state index in [1.807, 2.05) is 26.8 Å². The van der Waals surface area contributed by atoms with Crippen LogP contribution in [0.2, 0.25) is 0 Å². The van der Waals surface area contributed by atoms with E-state index in [4.69, 9.17) is 5.11 Å². The van der Waals surface area contributed by atoms with Crippen LogP contribution < -0.4 is 0 Å². The van der Waals surface area contributed by atoms with Gasteiger partial charge >= 0.3 is 5.97 Å². The summed E-state index contributed by atoms with van der Waals surface area (Å²) in [5.41, 5.74) is 3.19. The van der Waals surface area contributed by atoms with Crippen molar-refractivity contribution in [1.82, 2.24) is 0 Å². The van der Waals surface area contributed by atoms with Gasteiger partial charge in [-0.25, -0.2) is 4.79 Å². The van der Waals surface area contributed by atoms with Gasteiger partial charge in [0.15, 0.2) is 0 Å². The number of carboxylic acid groups (broad SMARTS) is 1. The summed E-state index contributed by atoms with van der Waals surface area (Å²) in [4.78, 5) is 13.1. The first-order valence-electron chi connectivity index (χ1n) is 6.16. The maximum Gasteiger partial charge on any atom is 0.365 e. The second-order valence-corrected chi connectivity index (χ2v) is 5.95. The molecule has 104 valence electrons. The zero-order chi connectivity index (χ0) is 14.7. The predicted octanol–water partition coefficient (Wildman–Crippen LogP) is 4.79. The number of aliphatic carboxylic acids is 1. The summed E-state index contributed by atoms with van der Waals surface area (Å²) in [6.45, 7) is 9.52. The second kappa shape index (κ2) is 6.15. The molecule has 1 heterocycles. The minimum absolute atomic E-state index is 0.206. The molecular weight excluding hydrogens is 263 g/mol. The van der Waals surface area contributed by atoms with E-state index in [0.717, 1.165) is 11.1 Å². The van der Waals surface area contributed by atoms with Gasteiger partial charge in [-0.2, -0.15) is 4.39 Å². The van der Waals surface area contributed by atoms with Crippen molar-refractivity contribution in [1.29, 1.82) is 0 Å². The fourth-order valence-corrected chi connectivity index (χ4v) is 3.02. The Hall–Kier alpha value is -1.42. The molecule has 0 spiro atoms. The number of hydrogen-bond donors (Lipinski definition) is 1. The Balaban J connectivity index is 3.35. The SMILES string of the molecule is CCC(=Cc1c(C)sc(C)c1C)C(C)=C(F)C(=O)O. The highest BCUT2D eigenvalue weighted by atomic mass is 32.1. The van der Waals surface area contributed by atoms with Crippen LogP contribution in [-0.2, 0) is 4.79 Å². The van der Waals surface area contributed by atoms with Crippen LogP contribution in [0.4, 0.5) is 4.39 Å². The van der Waals surface area contributed by atoms with Crippen molar-refractivity contribution >= 4 is 23.4 Å². The standard InChI is InChI=1S/C15H19FO2S/c1-6-12(9(3)14(16)15(17)18)7-13-8(2)10(4)19-11(13)5/h7H,6H2,1-5H3,(H,17,18). The Morgan fingerprint density at radius 2 is 1.89 bits per heavy atom. The van der Waals surface area contributed by atoms with Crippen LogP contribution >= 0.6 is 11.3 Å². The van der Waals surface area contributed by atoms with Crippen LogP contribution in [-0.4, -0.2) is 11.1 Å². The Kier molecular flexibility index (Phi) is 5.06. The predicted molar refractivity (Wildman–Crippen MR) is 78.2 cm³/mol. The minimum Gasteiger partial charge on any atom is -0.476 e. The van der Waals surface area contributed by atoms with Crippen LogP contribution in [0.1, 0.15) is 41.1 Å². The fraction of sp³-hybridized carbons (Fsp3) is 0.400. The first-order chi connectivity index (χ1) is 8.79. The fourth-order valence-electron chi connectivity index (χ4n) is 1.98. The average Bonchev–Trinajstić information content (AvgIpc) is 2.59. The third kappa shape index (κ3) is 3.32. The molecule has 0 aromatic carbocycles. The summed E-state index contributed by atoms with van der Waals surface area (Å²) in [6.07, 6.45) is 2.51. The molecule has 0 aliphatic carbocycles.